The van der Waals surface area contributed by atoms with Crippen LogP contribution in [-0.4, -0.2) is 72.2 Å². The maximum atomic E-state index is 12.4. The SMILES string of the molecule is O=C(NCCCO)[C@H]1CCCN(C2CCN(C3Cc4ccccc4C3)CC2)C1. The van der Waals surface area contributed by atoms with Gasteiger partial charge in [-0.3, -0.25) is 14.6 Å². The molecule has 1 amide bonds. The van der Waals surface area contributed by atoms with Crippen LogP contribution in [0.25, 0.3) is 0 Å². The molecule has 0 bridgehead atoms. The lowest BCUT2D eigenvalue weighted by molar-refractivity contribution is -0.127. The van der Waals surface area contributed by atoms with Gasteiger partial charge in [-0.15, -0.1) is 0 Å². The van der Waals surface area contributed by atoms with Gasteiger partial charge in [-0.2, -0.15) is 0 Å². The summed E-state index contributed by atoms with van der Waals surface area (Å²) in [6, 6.07) is 10.2. The first kappa shape index (κ1) is 19.9. The van der Waals surface area contributed by atoms with Crippen molar-refractivity contribution in [3.05, 3.63) is 35.4 Å². The molecule has 0 aromatic heterocycles. The Morgan fingerprint density at radius 3 is 2.39 bits per heavy atom. The van der Waals surface area contributed by atoms with E-state index in [0.29, 0.717) is 25.0 Å². The summed E-state index contributed by atoms with van der Waals surface area (Å²) in [6.07, 6.45) is 7.64. The molecule has 4 rings (SSSR count). The molecule has 1 aliphatic carbocycles. The van der Waals surface area contributed by atoms with Crippen LogP contribution in [0, 0.1) is 5.92 Å². The molecule has 5 nitrogen and oxygen atoms in total. The van der Waals surface area contributed by atoms with Gasteiger partial charge in [-0.25, -0.2) is 0 Å². The van der Waals surface area contributed by atoms with Crippen molar-refractivity contribution in [3.63, 3.8) is 0 Å². The molecular formula is C23H35N3O2. The Bertz CT molecular complexity index is 632. The van der Waals surface area contributed by atoms with Gasteiger partial charge in [-0.1, -0.05) is 24.3 Å². The summed E-state index contributed by atoms with van der Waals surface area (Å²) in [6.45, 7) is 5.15. The molecule has 2 N–H and O–H groups in total. The minimum absolute atomic E-state index is 0.120. The zero-order valence-electron chi connectivity index (χ0n) is 17.0. The standard InChI is InChI=1S/C23H35N3O2/c27-14-4-10-24-23(28)20-7-3-11-26(17-20)21-8-12-25(13-9-21)22-15-18-5-1-2-6-19(18)16-22/h1-2,5-6,20-22,27H,3-4,7-17H2,(H,24,28)/t20-/m0/s1. The maximum Gasteiger partial charge on any atom is 0.224 e. The molecule has 2 fully saturated rings. The second-order valence-electron chi connectivity index (χ2n) is 8.80. The fourth-order valence-electron chi connectivity index (χ4n) is 5.40. The number of hydrogen-bond donors (Lipinski definition) is 2. The third-order valence-corrected chi connectivity index (χ3v) is 7.02. The average molecular weight is 386 g/mol. The molecular weight excluding hydrogens is 350 g/mol. The van der Waals surface area contributed by atoms with Crippen molar-refractivity contribution >= 4 is 5.91 Å². The number of aliphatic hydroxyl groups excluding tert-OH is 1. The number of likely N-dealkylation sites (tertiary alicyclic amines) is 2. The number of nitrogens with zero attached hydrogens (tertiary/aromatic N) is 2. The summed E-state index contributed by atoms with van der Waals surface area (Å²) in [4.78, 5) is 17.7. The summed E-state index contributed by atoms with van der Waals surface area (Å²) in [5.41, 5.74) is 3.08. The average Bonchev–Trinajstić information content (AvgIpc) is 3.18. The Morgan fingerprint density at radius 2 is 1.71 bits per heavy atom. The van der Waals surface area contributed by atoms with E-state index in [2.05, 4.69) is 39.4 Å². The zero-order chi connectivity index (χ0) is 19.3. The number of rotatable bonds is 6. The van der Waals surface area contributed by atoms with Crippen LogP contribution in [-0.2, 0) is 17.6 Å². The van der Waals surface area contributed by atoms with Gasteiger partial charge in [0.1, 0.15) is 0 Å². The van der Waals surface area contributed by atoms with Crippen molar-refractivity contribution in [2.75, 3.05) is 39.3 Å². The fraction of sp³-hybridized carbons (Fsp3) is 0.696. The summed E-state index contributed by atoms with van der Waals surface area (Å²) >= 11 is 0. The van der Waals surface area contributed by atoms with Crippen LogP contribution < -0.4 is 5.32 Å². The second-order valence-corrected chi connectivity index (χ2v) is 8.80. The third kappa shape index (κ3) is 4.58. The number of amides is 1. The van der Waals surface area contributed by atoms with Crippen molar-refractivity contribution in [2.24, 2.45) is 5.92 Å². The maximum absolute atomic E-state index is 12.4. The molecule has 2 saturated heterocycles. The second kappa shape index (κ2) is 9.38. The fourth-order valence-corrected chi connectivity index (χ4v) is 5.40. The Kier molecular flexibility index (Phi) is 6.65. The lowest BCUT2D eigenvalue weighted by atomic mass is 9.92. The number of hydrogen-bond acceptors (Lipinski definition) is 4. The summed E-state index contributed by atoms with van der Waals surface area (Å²) < 4.78 is 0. The molecule has 0 spiro atoms. The number of benzene rings is 1. The lowest BCUT2D eigenvalue weighted by Gasteiger charge is -2.43. The largest absolute Gasteiger partial charge is 0.396 e. The van der Waals surface area contributed by atoms with Crippen molar-refractivity contribution in [1.29, 1.82) is 0 Å². The molecule has 0 radical (unpaired) electrons. The highest BCUT2D eigenvalue weighted by atomic mass is 16.3. The van der Waals surface area contributed by atoms with Gasteiger partial charge < -0.3 is 10.4 Å². The zero-order valence-corrected chi connectivity index (χ0v) is 17.0. The normalized spacial score (nSPS) is 25.0. The van der Waals surface area contributed by atoms with Crippen molar-refractivity contribution in [1.82, 2.24) is 15.1 Å². The van der Waals surface area contributed by atoms with Crippen molar-refractivity contribution in [2.45, 2.75) is 57.0 Å². The molecule has 1 aromatic rings. The van der Waals surface area contributed by atoms with Gasteiger partial charge in [-0.05, 0) is 75.7 Å². The predicted molar refractivity (Wildman–Crippen MR) is 111 cm³/mol. The molecule has 28 heavy (non-hydrogen) atoms. The highest BCUT2D eigenvalue weighted by Crippen LogP contribution is 2.29. The minimum Gasteiger partial charge on any atom is -0.396 e. The first-order valence-corrected chi connectivity index (χ1v) is 11.2. The first-order chi connectivity index (χ1) is 13.7. The minimum atomic E-state index is 0.120. The van der Waals surface area contributed by atoms with E-state index in [1.165, 1.54) is 38.8 Å². The highest BCUT2D eigenvalue weighted by Gasteiger charge is 2.34. The number of carbonyl (C=O) groups is 1. The van der Waals surface area contributed by atoms with Crippen LogP contribution in [0.15, 0.2) is 24.3 Å². The summed E-state index contributed by atoms with van der Waals surface area (Å²) in [7, 11) is 0. The number of carbonyl (C=O) groups excluding carboxylic acids is 1. The Balaban J connectivity index is 1.24. The van der Waals surface area contributed by atoms with Crippen LogP contribution >= 0.6 is 0 Å². The topological polar surface area (TPSA) is 55.8 Å². The number of aliphatic hydroxyl groups is 1. The number of piperidine rings is 2. The van der Waals surface area contributed by atoms with Crippen LogP contribution in [0.1, 0.15) is 43.2 Å². The van der Waals surface area contributed by atoms with Crippen LogP contribution in [0.3, 0.4) is 0 Å². The number of nitrogens with one attached hydrogen (secondary N) is 1. The van der Waals surface area contributed by atoms with Gasteiger partial charge in [0, 0.05) is 31.8 Å². The van der Waals surface area contributed by atoms with Crippen LogP contribution in [0.2, 0.25) is 0 Å². The molecule has 0 saturated carbocycles. The molecule has 3 aliphatic rings. The summed E-state index contributed by atoms with van der Waals surface area (Å²) in [5, 5.41) is 11.9. The van der Waals surface area contributed by atoms with Gasteiger partial charge in [0.25, 0.3) is 0 Å². The Morgan fingerprint density at radius 1 is 1.00 bits per heavy atom. The molecule has 1 atom stereocenters. The van der Waals surface area contributed by atoms with Crippen LogP contribution in [0.5, 0.6) is 0 Å². The molecule has 2 aliphatic heterocycles. The lowest BCUT2D eigenvalue weighted by Crippen LogP contribution is -2.52. The summed E-state index contributed by atoms with van der Waals surface area (Å²) in [5.74, 6) is 0.300. The van der Waals surface area contributed by atoms with E-state index in [1.54, 1.807) is 11.1 Å². The molecule has 5 heteroatoms. The predicted octanol–water partition coefficient (Wildman–Crippen LogP) is 1.83. The van der Waals surface area contributed by atoms with Gasteiger partial charge >= 0.3 is 0 Å². The van der Waals surface area contributed by atoms with E-state index in [0.717, 1.165) is 25.9 Å². The van der Waals surface area contributed by atoms with E-state index in [1.807, 2.05) is 0 Å². The van der Waals surface area contributed by atoms with Gasteiger partial charge in [0.15, 0.2) is 0 Å². The van der Waals surface area contributed by atoms with Crippen LogP contribution in [0.4, 0.5) is 0 Å². The van der Waals surface area contributed by atoms with E-state index in [9.17, 15) is 4.79 Å². The monoisotopic (exact) mass is 385 g/mol. The van der Waals surface area contributed by atoms with Gasteiger partial charge in [0.05, 0.1) is 5.92 Å². The number of fused-ring (bicyclic) bond motifs is 1. The van der Waals surface area contributed by atoms with E-state index >= 15 is 0 Å². The molecule has 154 valence electrons. The van der Waals surface area contributed by atoms with Crippen molar-refractivity contribution < 1.29 is 9.90 Å². The van der Waals surface area contributed by atoms with E-state index in [-0.39, 0.29) is 18.4 Å². The molecule has 1 aromatic carbocycles. The Labute approximate surface area is 169 Å². The van der Waals surface area contributed by atoms with E-state index in [4.69, 9.17) is 5.11 Å². The molecule has 0 unspecified atom stereocenters. The van der Waals surface area contributed by atoms with E-state index < -0.39 is 0 Å². The third-order valence-electron chi connectivity index (χ3n) is 7.02. The smallest absolute Gasteiger partial charge is 0.224 e. The highest BCUT2D eigenvalue weighted by molar-refractivity contribution is 5.78. The van der Waals surface area contributed by atoms with Crippen molar-refractivity contribution in [3.8, 4) is 0 Å². The Hall–Kier alpha value is -1.43. The quantitative estimate of drug-likeness (QED) is 0.734. The first-order valence-electron chi connectivity index (χ1n) is 11.2. The molecule has 2 heterocycles. The van der Waals surface area contributed by atoms with Gasteiger partial charge in [0.2, 0.25) is 5.91 Å².